The van der Waals surface area contributed by atoms with Crippen molar-refractivity contribution in [3.63, 3.8) is 0 Å². The zero-order valence-electron chi connectivity index (χ0n) is 13.8. The van der Waals surface area contributed by atoms with E-state index in [1.54, 1.807) is 38.1 Å². The number of aromatic nitrogens is 1. The number of fused-ring (bicyclic) bond motifs is 1. The van der Waals surface area contributed by atoms with Gasteiger partial charge in [0, 0.05) is 11.6 Å². The fraction of sp³-hybridized carbons (Fsp3) is 0.167. The van der Waals surface area contributed by atoms with Gasteiger partial charge < -0.3 is 4.18 Å². The first-order chi connectivity index (χ1) is 11.7. The zero-order chi connectivity index (χ0) is 18.4. The Bertz CT molecular complexity index is 1070. The molecule has 0 spiro atoms. The summed E-state index contributed by atoms with van der Waals surface area (Å²) in [6.07, 6.45) is 1.52. The Morgan fingerprint density at radius 2 is 1.64 bits per heavy atom. The Morgan fingerprint density at radius 3 is 2.28 bits per heavy atom. The molecule has 3 aromatic rings. The van der Waals surface area contributed by atoms with Gasteiger partial charge in [0.1, 0.15) is 10.4 Å². The summed E-state index contributed by atoms with van der Waals surface area (Å²) in [6, 6.07) is 8.47. The number of hydrogen-bond acceptors (Lipinski definition) is 4. The second-order valence-electron chi connectivity index (χ2n) is 5.83. The van der Waals surface area contributed by atoms with E-state index in [0.717, 1.165) is 5.56 Å². The second-order valence-corrected chi connectivity index (χ2v) is 8.13. The molecule has 4 nitrogen and oxygen atoms in total. The van der Waals surface area contributed by atoms with E-state index < -0.39 is 10.1 Å². The lowest BCUT2D eigenvalue weighted by Gasteiger charge is -2.15. The molecule has 3 rings (SSSR count). The van der Waals surface area contributed by atoms with Gasteiger partial charge in [-0.15, -0.1) is 0 Å². The minimum absolute atomic E-state index is 0.0268. The van der Waals surface area contributed by atoms with Crippen LogP contribution < -0.4 is 4.18 Å². The van der Waals surface area contributed by atoms with E-state index in [1.807, 2.05) is 6.92 Å². The van der Waals surface area contributed by atoms with Crippen LogP contribution in [-0.4, -0.2) is 13.4 Å². The molecule has 130 valence electrons. The average Bonchev–Trinajstić information content (AvgIpc) is 2.50. The zero-order valence-corrected chi connectivity index (χ0v) is 16.1. The third-order valence-electron chi connectivity index (χ3n) is 3.80. The third-order valence-corrected chi connectivity index (χ3v) is 5.92. The molecule has 0 saturated heterocycles. The molecule has 0 bridgehead atoms. The summed E-state index contributed by atoms with van der Waals surface area (Å²) in [5.74, 6) is -0.0268. The monoisotopic (exact) mass is 395 g/mol. The van der Waals surface area contributed by atoms with Gasteiger partial charge in [-0.2, -0.15) is 8.42 Å². The lowest BCUT2D eigenvalue weighted by Crippen LogP contribution is -2.14. The van der Waals surface area contributed by atoms with E-state index in [-0.39, 0.29) is 15.7 Å². The molecule has 0 amide bonds. The fourth-order valence-corrected chi connectivity index (χ4v) is 4.92. The quantitative estimate of drug-likeness (QED) is 0.569. The van der Waals surface area contributed by atoms with Crippen molar-refractivity contribution >= 4 is 44.2 Å². The number of rotatable bonds is 3. The Kier molecular flexibility index (Phi) is 4.66. The van der Waals surface area contributed by atoms with Crippen molar-refractivity contribution in [2.45, 2.75) is 25.7 Å². The highest BCUT2D eigenvalue weighted by atomic mass is 35.5. The molecular formula is C18H15Cl2NO3S. The predicted molar refractivity (Wildman–Crippen MR) is 100 cm³/mol. The van der Waals surface area contributed by atoms with Crippen LogP contribution in [0.25, 0.3) is 10.9 Å². The van der Waals surface area contributed by atoms with E-state index in [4.69, 9.17) is 27.4 Å². The molecule has 1 aromatic heterocycles. The van der Waals surface area contributed by atoms with E-state index >= 15 is 0 Å². The van der Waals surface area contributed by atoms with Gasteiger partial charge in [0.25, 0.3) is 0 Å². The number of halogens is 2. The van der Waals surface area contributed by atoms with E-state index in [2.05, 4.69) is 4.98 Å². The first-order valence-corrected chi connectivity index (χ1v) is 9.62. The SMILES string of the molecule is Cc1cc(C)c(S(=O)(=O)Oc2c(Cl)cc(Cl)c3cccnc23)c(C)c1. The third kappa shape index (κ3) is 3.32. The highest BCUT2D eigenvalue weighted by Gasteiger charge is 2.25. The topological polar surface area (TPSA) is 56.3 Å². The number of benzene rings is 2. The molecule has 0 aliphatic carbocycles. The molecule has 7 heteroatoms. The van der Waals surface area contributed by atoms with Crippen LogP contribution in [0.1, 0.15) is 16.7 Å². The normalized spacial score (nSPS) is 11.7. The van der Waals surface area contributed by atoms with Crippen molar-refractivity contribution in [1.29, 1.82) is 0 Å². The lowest BCUT2D eigenvalue weighted by atomic mass is 10.1. The molecular weight excluding hydrogens is 381 g/mol. The second kappa shape index (κ2) is 6.48. The lowest BCUT2D eigenvalue weighted by molar-refractivity contribution is 0.487. The molecule has 2 aromatic carbocycles. The Hall–Kier alpha value is -1.82. The van der Waals surface area contributed by atoms with Gasteiger partial charge in [-0.05, 0) is 50.1 Å². The molecule has 0 aliphatic rings. The summed E-state index contributed by atoms with van der Waals surface area (Å²) in [5.41, 5.74) is 2.50. The van der Waals surface area contributed by atoms with Crippen LogP contribution in [0.3, 0.4) is 0 Å². The van der Waals surface area contributed by atoms with Gasteiger partial charge in [0.15, 0.2) is 5.75 Å². The summed E-state index contributed by atoms with van der Waals surface area (Å²) in [5, 5.41) is 1.03. The Labute approximate surface area is 156 Å². The minimum atomic E-state index is -4.09. The van der Waals surface area contributed by atoms with E-state index in [0.29, 0.717) is 27.1 Å². The first kappa shape index (κ1) is 18.0. The van der Waals surface area contributed by atoms with Crippen LogP contribution in [0.5, 0.6) is 5.75 Å². The maximum absolute atomic E-state index is 12.9. The number of nitrogens with zero attached hydrogens (tertiary/aromatic N) is 1. The summed E-state index contributed by atoms with van der Waals surface area (Å²) in [7, 11) is -4.09. The van der Waals surface area contributed by atoms with E-state index in [9.17, 15) is 8.42 Å². The van der Waals surface area contributed by atoms with Crippen LogP contribution in [0.15, 0.2) is 41.4 Å². The van der Waals surface area contributed by atoms with Crippen molar-refractivity contribution < 1.29 is 12.6 Å². The molecule has 0 aliphatic heterocycles. The van der Waals surface area contributed by atoms with Crippen LogP contribution >= 0.6 is 23.2 Å². The Morgan fingerprint density at radius 1 is 1.00 bits per heavy atom. The summed E-state index contributed by atoms with van der Waals surface area (Å²) in [6.45, 7) is 5.37. The van der Waals surface area contributed by atoms with Crippen LogP contribution in [0.4, 0.5) is 0 Å². The van der Waals surface area contributed by atoms with Gasteiger partial charge in [0.2, 0.25) is 0 Å². The highest BCUT2D eigenvalue weighted by molar-refractivity contribution is 7.87. The van der Waals surface area contributed by atoms with Gasteiger partial charge >= 0.3 is 10.1 Å². The average molecular weight is 396 g/mol. The van der Waals surface area contributed by atoms with Crippen molar-refractivity contribution in [3.05, 3.63) is 63.3 Å². The number of aryl methyl sites for hydroxylation is 3. The standard InChI is InChI=1S/C18H15Cl2NO3S/c1-10-7-11(2)18(12(3)8-10)25(22,23)24-17-15(20)9-14(19)13-5-4-6-21-16(13)17/h4-9H,1-3H3. The van der Waals surface area contributed by atoms with Gasteiger partial charge in [-0.25, -0.2) is 0 Å². The fourth-order valence-electron chi connectivity index (χ4n) is 2.94. The molecule has 0 fully saturated rings. The van der Waals surface area contributed by atoms with Crippen molar-refractivity contribution in [1.82, 2.24) is 4.98 Å². The van der Waals surface area contributed by atoms with Crippen LogP contribution in [0, 0.1) is 20.8 Å². The summed E-state index contributed by atoms with van der Waals surface area (Å²) < 4.78 is 31.2. The molecule has 0 N–H and O–H groups in total. The Balaban J connectivity index is 2.20. The molecule has 0 atom stereocenters. The molecule has 25 heavy (non-hydrogen) atoms. The van der Waals surface area contributed by atoms with Crippen molar-refractivity contribution in [2.75, 3.05) is 0 Å². The smallest absolute Gasteiger partial charge is 0.339 e. The maximum Gasteiger partial charge on any atom is 0.339 e. The highest BCUT2D eigenvalue weighted by Crippen LogP contribution is 2.39. The minimum Gasteiger partial charge on any atom is -0.375 e. The molecule has 0 unspecified atom stereocenters. The molecule has 0 saturated carbocycles. The van der Waals surface area contributed by atoms with Gasteiger partial charge in [0.05, 0.1) is 10.0 Å². The predicted octanol–water partition coefficient (Wildman–Crippen LogP) is 5.23. The van der Waals surface area contributed by atoms with Crippen LogP contribution in [0.2, 0.25) is 10.0 Å². The van der Waals surface area contributed by atoms with Gasteiger partial charge in [-0.1, -0.05) is 40.9 Å². The van der Waals surface area contributed by atoms with Crippen molar-refractivity contribution in [3.8, 4) is 5.75 Å². The number of hydrogen-bond donors (Lipinski definition) is 0. The first-order valence-electron chi connectivity index (χ1n) is 7.46. The molecule has 0 radical (unpaired) electrons. The van der Waals surface area contributed by atoms with Crippen molar-refractivity contribution in [2.24, 2.45) is 0 Å². The maximum atomic E-state index is 12.9. The van der Waals surface area contributed by atoms with Crippen LogP contribution in [-0.2, 0) is 10.1 Å². The largest absolute Gasteiger partial charge is 0.375 e. The number of pyridine rings is 1. The van der Waals surface area contributed by atoms with E-state index in [1.165, 1.54) is 12.3 Å². The summed E-state index contributed by atoms with van der Waals surface area (Å²) in [4.78, 5) is 4.31. The summed E-state index contributed by atoms with van der Waals surface area (Å²) >= 11 is 12.4. The van der Waals surface area contributed by atoms with Gasteiger partial charge in [-0.3, -0.25) is 4.98 Å². The molecule has 1 heterocycles.